The summed E-state index contributed by atoms with van der Waals surface area (Å²) in [5.74, 6) is 0.177. The molecule has 174 valence electrons. The second-order valence-electron chi connectivity index (χ2n) is 10.2. The van der Waals surface area contributed by atoms with E-state index in [0.29, 0.717) is 12.8 Å². The van der Waals surface area contributed by atoms with Gasteiger partial charge in [0.1, 0.15) is 0 Å². The standard InChI is InChI=1S/C28H35N3O2/c1-6-7-12-25(33)31-23-11-9-8-10-21(23)29-22-17-28(2,3)18-24(32)26(22)27(31)19-13-15-20(16-14-19)30(4)5/h8-11,13-16,27,29H,6-7,12,17-18H2,1-5H3. The Kier molecular flexibility index (Phi) is 6.33. The molecule has 1 atom stereocenters. The highest BCUT2D eigenvalue weighted by Gasteiger charge is 2.43. The quantitative estimate of drug-likeness (QED) is 0.605. The van der Waals surface area contributed by atoms with Gasteiger partial charge >= 0.3 is 0 Å². The van der Waals surface area contributed by atoms with E-state index in [-0.39, 0.29) is 17.1 Å². The highest BCUT2D eigenvalue weighted by molar-refractivity contribution is 6.06. The topological polar surface area (TPSA) is 52.7 Å². The average Bonchev–Trinajstić information content (AvgIpc) is 2.91. The van der Waals surface area contributed by atoms with Gasteiger partial charge in [-0.1, -0.05) is 51.5 Å². The van der Waals surface area contributed by atoms with Crippen LogP contribution in [0.1, 0.15) is 64.5 Å². The molecule has 5 heteroatoms. The summed E-state index contributed by atoms with van der Waals surface area (Å²) < 4.78 is 0. The van der Waals surface area contributed by atoms with Gasteiger partial charge in [0, 0.05) is 43.9 Å². The van der Waals surface area contributed by atoms with Crippen molar-refractivity contribution in [2.45, 2.75) is 58.9 Å². The largest absolute Gasteiger partial charge is 0.378 e. The second kappa shape index (κ2) is 9.05. The number of rotatable bonds is 5. The molecule has 0 bridgehead atoms. The molecule has 2 aromatic carbocycles. The Hall–Kier alpha value is -3.08. The Balaban J connectivity index is 1.94. The summed E-state index contributed by atoms with van der Waals surface area (Å²) in [6.45, 7) is 6.37. The fraction of sp³-hybridized carbons (Fsp3) is 0.429. The molecule has 0 aromatic heterocycles. The number of carbonyl (C=O) groups is 2. The van der Waals surface area contributed by atoms with E-state index < -0.39 is 6.04 Å². The summed E-state index contributed by atoms with van der Waals surface area (Å²) in [6, 6.07) is 15.7. The Labute approximate surface area is 197 Å². The number of amides is 1. The molecule has 0 spiro atoms. The van der Waals surface area contributed by atoms with Crippen molar-refractivity contribution in [1.29, 1.82) is 0 Å². The molecule has 0 radical (unpaired) electrons. The minimum Gasteiger partial charge on any atom is -0.378 e. The number of Topliss-reactive ketones (excluding diaryl/α,β-unsaturated/α-hetero) is 1. The third kappa shape index (κ3) is 4.54. The molecule has 1 aliphatic carbocycles. The van der Waals surface area contributed by atoms with Crippen molar-refractivity contribution < 1.29 is 9.59 Å². The van der Waals surface area contributed by atoms with E-state index in [4.69, 9.17) is 0 Å². The van der Waals surface area contributed by atoms with Crippen molar-refractivity contribution in [3.8, 4) is 0 Å². The van der Waals surface area contributed by atoms with Crippen LogP contribution >= 0.6 is 0 Å². The Morgan fingerprint density at radius 3 is 2.45 bits per heavy atom. The van der Waals surface area contributed by atoms with E-state index >= 15 is 0 Å². The molecule has 1 N–H and O–H groups in total. The number of para-hydroxylation sites is 2. The van der Waals surface area contributed by atoms with Crippen molar-refractivity contribution in [2.24, 2.45) is 5.41 Å². The third-order valence-corrected chi connectivity index (χ3v) is 6.64. The lowest BCUT2D eigenvalue weighted by Crippen LogP contribution is -2.39. The van der Waals surface area contributed by atoms with Crippen molar-refractivity contribution in [1.82, 2.24) is 0 Å². The minimum atomic E-state index is -0.444. The second-order valence-corrected chi connectivity index (χ2v) is 10.2. The van der Waals surface area contributed by atoms with Gasteiger partial charge in [0.05, 0.1) is 17.4 Å². The van der Waals surface area contributed by atoms with Crippen molar-refractivity contribution in [2.75, 3.05) is 29.2 Å². The number of fused-ring (bicyclic) bond motifs is 1. The first-order valence-electron chi connectivity index (χ1n) is 11.9. The molecule has 0 saturated carbocycles. The SMILES string of the molecule is CCCCC(=O)N1c2ccccc2NC2=C(C(=O)CC(C)(C)C2)C1c1ccc(N(C)C)cc1. The van der Waals surface area contributed by atoms with Crippen LogP contribution in [0.2, 0.25) is 0 Å². The summed E-state index contributed by atoms with van der Waals surface area (Å²) in [7, 11) is 4.02. The van der Waals surface area contributed by atoms with E-state index in [9.17, 15) is 9.59 Å². The zero-order chi connectivity index (χ0) is 23.8. The molecule has 0 saturated heterocycles. The summed E-state index contributed by atoms with van der Waals surface area (Å²) in [4.78, 5) is 31.3. The smallest absolute Gasteiger partial charge is 0.227 e. The summed E-state index contributed by atoms with van der Waals surface area (Å²) >= 11 is 0. The number of ketones is 1. The molecular formula is C28H35N3O2. The van der Waals surface area contributed by atoms with Crippen LogP contribution in [0.3, 0.4) is 0 Å². The number of nitrogens with zero attached hydrogens (tertiary/aromatic N) is 2. The van der Waals surface area contributed by atoms with Crippen LogP contribution in [-0.2, 0) is 9.59 Å². The first-order valence-corrected chi connectivity index (χ1v) is 11.9. The molecule has 33 heavy (non-hydrogen) atoms. The summed E-state index contributed by atoms with van der Waals surface area (Å²) in [6.07, 6.45) is 3.48. The molecule has 0 fully saturated rings. The van der Waals surface area contributed by atoms with Gasteiger partial charge in [-0.15, -0.1) is 0 Å². The Morgan fingerprint density at radius 2 is 1.79 bits per heavy atom. The van der Waals surface area contributed by atoms with Crippen LogP contribution in [0.4, 0.5) is 17.1 Å². The Morgan fingerprint density at radius 1 is 1.09 bits per heavy atom. The van der Waals surface area contributed by atoms with Crippen molar-refractivity contribution >= 4 is 28.8 Å². The van der Waals surface area contributed by atoms with E-state index in [1.165, 1.54) is 0 Å². The van der Waals surface area contributed by atoms with Crippen LogP contribution < -0.4 is 15.1 Å². The average molecular weight is 446 g/mol. The fourth-order valence-corrected chi connectivity index (χ4v) is 4.98. The number of nitrogens with one attached hydrogen (secondary N) is 1. The maximum atomic E-state index is 13.7. The molecular weight excluding hydrogens is 410 g/mol. The minimum absolute atomic E-state index is 0.0548. The van der Waals surface area contributed by atoms with Gasteiger partial charge in [-0.3, -0.25) is 14.5 Å². The highest BCUT2D eigenvalue weighted by Crippen LogP contribution is 2.48. The van der Waals surface area contributed by atoms with E-state index in [0.717, 1.165) is 53.2 Å². The number of benzene rings is 2. The van der Waals surface area contributed by atoms with Gasteiger partial charge in [-0.05, 0) is 48.1 Å². The maximum absolute atomic E-state index is 13.7. The van der Waals surface area contributed by atoms with Gasteiger partial charge in [-0.2, -0.15) is 0 Å². The number of allylic oxidation sites excluding steroid dienone is 1. The molecule has 5 nitrogen and oxygen atoms in total. The summed E-state index contributed by atoms with van der Waals surface area (Å²) in [5, 5.41) is 3.57. The van der Waals surface area contributed by atoms with Gasteiger partial charge in [0.25, 0.3) is 0 Å². The lowest BCUT2D eigenvalue weighted by molar-refractivity contribution is -0.119. The molecule has 1 heterocycles. The van der Waals surface area contributed by atoms with Crippen LogP contribution in [-0.4, -0.2) is 25.8 Å². The lowest BCUT2D eigenvalue weighted by atomic mass is 9.73. The zero-order valence-electron chi connectivity index (χ0n) is 20.4. The number of anilines is 3. The lowest BCUT2D eigenvalue weighted by Gasteiger charge is -2.37. The van der Waals surface area contributed by atoms with E-state index in [2.05, 4.69) is 55.3 Å². The highest BCUT2D eigenvalue weighted by atomic mass is 16.2. The number of hydrogen-bond acceptors (Lipinski definition) is 4. The Bertz CT molecular complexity index is 1080. The van der Waals surface area contributed by atoms with Gasteiger partial charge in [-0.25, -0.2) is 0 Å². The van der Waals surface area contributed by atoms with Crippen LogP contribution in [0.5, 0.6) is 0 Å². The van der Waals surface area contributed by atoms with Gasteiger partial charge in [0.15, 0.2) is 5.78 Å². The fourth-order valence-electron chi connectivity index (χ4n) is 4.98. The normalized spacial score (nSPS) is 19.4. The third-order valence-electron chi connectivity index (χ3n) is 6.64. The first-order chi connectivity index (χ1) is 15.7. The predicted octanol–water partition coefficient (Wildman–Crippen LogP) is 6.09. The van der Waals surface area contributed by atoms with Crippen molar-refractivity contribution in [3.05, 3.63) is 65.4 Å². The van der Waals surface area contributed by atoms with Crippen molar-refractivity contribution in [3.63, 3.8) is 0 Å². The number of unbranched alkanes of at least 4 members (excludes halogenated alkanes) is 1. The van der Waals surface area contributed by atoms with Crippen LogP contribution in [0.25, 0.3) is 0 Å². The predicted molar refractivity (Wildman–Crippen MR) is 136 cm³/mol. The monoisotopic (exact) mass is 445 g/mol. The first kappa shape index (κ1) is 23.1. The van der Waals surface area contributed by atoms with Crippen LogP contribution in [0.15, 0.2) is 59.8 Å². The van der Waals surface area contributed by atoms with E-state index in [1.807, 2.05) is 43.3 Å². The molecule has 2 aliphatic rings. The number of carbonyl (C=O) groups excluding carboxylic acids is 2. The molecule has 4 rings (SSSR count). The molecule has 2 aromatic rings. The van der Waals surface area contributed by atoms with Gasteiger partial charge < -0.3 is 10.2 Å². The molecule has 1 amide bonds. The maximum Gasteiger partial charge on any atom is 0.227 e. The van der Waals surface area contributed by atoms with Gasteiger partial charge in [0.2, 0.25) is 5.91 Å². The summed E-state index contributed by atoms with van der Waals surface area (Å²) in [5.41, 5.74) is 5.31. The van der Waals surface area contributed by atoms with E-state index in [1.54, 1.807) is 0 Å². The number of hydrogen-bond donors (Lipinski definition) is 1. The molecule has 1 unspecified atom stereocenters. The van der Waals surface area contributed by atoms with Crippen LogP contribution in [0, 0.1) is 5.41 Å². The molecule has 1 aliphatic heterocycles. The zero-order valence-corrected chi connectivity index (χ0v) is 20.4.